The van der Waals surface area contributed by atoms with E-state index < -0.39 is 0 Å². The van der Waals surface area contributed by atoms with Gasteiger partial charge in [-0.1, -0.05) is 6.08 Å². The van der Waals surface area contributed by atoms with Gasteiger partial charge in [0.05, 0.1) is 6.04 Å². The zero-order valence-corrected chi connectivity index (χ0v) is 7.40. The van der Waals surface area contributed by atoms with E-state index in [2.05, 4.69) is 18.5 Å². The molecule has 0 bridgehead atoms. The smallest absolute Gasteiger partial charge is 0.125 e. The highest BCUT2D eigenvalue weighted by molar-refractivity contribution is 5.00. The summed E-state index contributed by atoms with van der Waals surface area (Å²) in [6.45, 7) is 6.64. The largest absolute Gasteiger partial charge is 0.334 e. The van der Waals surface area contributed by atoms with Gasteiger partial charge in [0, 0.05) is 18.9 Å². The molecule has 0 aliphatic rings. The minimum Gasteiger partial charge on any atom is -0.334 e. The molecule has 0 fully saturated rings. The van der Waals surface area contributed by atoms with Crippen LogP contribution in [0.5, 0.6) is 0 Å². The second kappa shape index (κ2) is 4.07. The molecule has 0 saturated heterocycles. The second-order valence-corrected chi connectivity index (χ2v) is 2.70. The van der Waals surface area contributed by atoms with Crippen molar-refractivity contribution in [1.82, 2.24) is 9.55 Å². The Hall–Kier alpha value is -1.09. The third-order valence-corrected chi connectivity index (χ3v) is 1.84. The quantitative estimate of drug-likeness (QED) is 0.687. The van der Waals surface area contributed by atoms with E-state index in [1.165, 1.54) is 0 Å². The van der Waals surface area contributed by atoms with Crippen molar-refractivity contribution in [1.29, 1.82) is 0 Å². The fourth-order valence-electron chi connectivity index (χ4n) is 1.20. The molecule has 3 nitrogen and oxygen atoms in total. The average Bonchev–Trinajstić information content (AvgIpc) is 2.51. The van der Waals surface area contributed by atoms with Crippen LogP contribution in [0.25, 0.3) is 0 Å². The molecule has 1 aromatic heterocycles. The molecule has 2 N–H and O–H groups in total. The fourth-order valence-corrected chi connectivity index (χ4v) is 1.20. The topological polar surface area (TPSA) is 43.8 Å². The van der Waals surface area contributed by atoms with Crippen molar-refractivity contribution >= 4 is 0 Å². The third-order valence-electron chi connectivity index (χ3n) is 1.84. The van der Waals surface area contributed by atoms with Crippen LogP contribution in [-0.2, 0) is 6.54 Å². The number of aromatic nitrogens is 2. The first-order valence-corrected chi connectivity index (χ1v) is 4.17. The fraction of sp³-hybridized carbons (Fsp3) is 0.444. The van der Waals surface area contributed by atoms with Crippen LogP contribution in [0.1, 0.15) is 25.2 Å². The molecule has 0 aromatic carbocycles. The number of nitrogens with two attached hydrogens (primary N) is 1. The van der Waals surface area contributed by atoms with E-state index >= 15 is 0 Å². The molecule has 1 atom stereocenters. The summed E-state index contributed by atoms with van der Waals surface area (Å²) in [5.41, 5.74) is 5.87. The molecule has 0 radical (unpaired) electrons. The Labute approximate surface area is 72.9 Å². The predicted octanol–water partition coefficient (Wildman–Crippen LogP) is 1.48. The maximum atomic E-state index is 5.87. The summed E-state index contributed by atoms with van der Waals surface area (Å²) in [4.78, 5) is 4.20. The monoisotopic (exact) mass is 165 g/mol. The Morgan fingerprint density at radius 1 is 1.83 bits per heavy atom. The molecule has 0 spiro atoms. The molecule has 1 heterocycles. The van der Waals surface area contributed by atoms with Crippen molar-refractivity contribution in [3.8, 4) is 0 Å². The van der Waals surface area contributed by atoms with Gasteiger partial charge < -0.3 is 10.3 Å². The van der Waals surface area contributed by atoms with Crippen LogP contribution in [0.3, 0.4) is 0 Å². The van der Waals surface area contributed by atoms with Gasteiger partial charge in [0.1, 0.15) is 5.82 Å². The van der Waals surface area contributed by atoms with Crippen LogP contribution in [0, 0.1) is 0 Å². The van der Waals surface area contributed by atoms with Crippen molar-refractivity contribution in [3.05, 3.63) is 30.9 Å². The maximum absolute atomic E-state index is 5.87. The lowest BCUT2D eigenvalue weighted by molar-refractivity contribution is 0.608. The zero-order chi connectivity index (χ0) is 8.97. The number of imidazole rings is 1. The molecule has 1 aromatic rings. The molecule has 0 aliphatic heterocycles. The Bertz CT molecular complexity index is 252. The van der Waals surface area contributed by atoms with Gasteiger partial charge in [-0.15, -0.1) is 6.58 Å². The minimum absolute atomic E-state index is 0.0163. The number of rotatable bonds is 4. The Balaban J connectivity index is 2.78. The molecule has 12 heavy (non-hydrogen) atoms. The van der Waals surface area contributed by atoms with E-state index in [1.54, 1.807) is 6.20 Å². The standard InChI is InChI=1S/C9H15N3/c1-3-5-8(10)9-11-6-7-12(9)4-2/h3,6-8H,1,4-5,10H2,2H3. The van der Waals surface area contributed by atoms with Gasteiger partial charge in [-0.2, -0.15) is 0 Å². The third kappa shape index (κ3) is 1.74. The van der Waals surface area contributed by atoms with Crippen LogP contribution >= 0.6 is 0 Å². The van der Waals surface area contributed by atoms with Gasteiger partial charge in [0.15, 0.2) is 0 Å². The number of nitrogens with zero attached hydrogens (tertiary/aromatic N) is 2. The Kier molecular flexibility index (Phi) is 3.05. The van der Waals surface area contributed by atoms with Crippen molar-refractivity contribution in [2.24, 2.45) is 5.73 Å². The molecule has 1 unspecified atom stereocenters. The van der Waals surface area contributed by atoms with Gasteiger partial charge in [0.25, 0.3) is 0 Å². The Morgan fingerprint density at radius 2 is 2.58 bits per heavy atom. The molecule has 66 valence electrons. The van der Waals surface area contributed by atoms with Crippen molar-refractivity contribution in [2.75, 3.05) is 0 Å². The summed E-state index contributed by atoms with van der Waals surface area (Å²) >= 11 is 0. The van der Waals surface area contributed by atoms with Gasteiger partial charge in [0.2, 0.25) is 0 Å². The SMILES string of the molecule is C=CCC(N)c1nccn1CC. The van der Waals surface area contributed by atoms with Crippen LogP contribution in [0.2, 0.25) is 0 Å². The summed E-state index contributed by atoms with van der Waals surface area (Å²) in [6, 6.07) is -0.0163. The minimum atomic E-state index is -0.0163. The Morgan fingerprint density at radius 3 is 3.17 bits per heavy atom. The van der Waals surface area contributed by atoms with E-state index in [-0.39, 0.29) is 6.04 Å². The molecular formula is C9H15N3. The zero-order valence-electron chi connectivity index (χ0n) is 7.40. The maximum Gasteiger partial charge on any atom is 0.125 e. The average molecular weight is 165 g/mol. The van der Waals surface area contributed by atoms with Crippen LogP contribution in [0.4, 0.5) is 0 Å². The van der Waals surface area contributed by atoms with Crippen molar-refractivity contribution < 1.29 is 0 Å². The molecule has 0 amide bonds. The first kappa shape index (κ1) is 9.00. The van der Waals surface area contributed by atoms with Crippen LogP contribution in [-0.4, -0.2) is 9.55 Å². The number of hydrogen-bond donors (Lipinski definition) is 1. The summed E-state index contributed by atoms with van der Waals surface area (Å²) < 4.78 is 2.05. The van der Waals surface area contributed by atoms with E-state index in [0.29, 0.717) is 0 Å². The summed E-state index contributed by atoms with van der Waals surface area (Å²) in [5, 5.41) is 0. The summed E-state index contributed by atoms with van der Waals surface area (Å²) in [6.07, 6.45) is 6.32. The second-order valence-electron chi connectivity index (χ2n) is 2.70. The van der Waals surface area contributed by atoms with Crippen LogP contribution < -0.4 is 5.73 Å². The van der Waals surface area contributed by atoms with Gasteiger partial charge >= 0.3 is 0 Å². The number of hydrogen-bond acceptors (Lipinski definition) is 2. The first-order chi connectivity index (χ1) is 5.79. The lowest BCUT2D eigenvalue weighted by Gasteiger charge is -2.10. The lowest BCUT2D eigenvalue weighted by atomic mass is 10.2. The molecule has 3 heteroatoms. The summed E-state index contributed by atoms with van der Waals surface area (Å²) in [7, 11) is 0. The molecule has 0 aliphatic carbocycles. The van der Waals surface area contributed by atoms with Gasteiger partial charge in [-0.05, 0) is 13.3 Å². The van der Waals surface area contributed by atoms with E-state index in [0.717, 1.165) is 18.8 Å². The van der Waals surface area contributed by atoms with E-state index in [4.69, 9.17) is 5.73 Å². The first-order valence-electron chi connectivity index (χ1n) is 4.17. The lowest BCUT2D eigenvalue weighted by Crippen LogP contribution is -2.15. The van der Waals surface area contributed by atoms with Gasteiger partial charge in [-0.3, -0.25) is 0 Å². The highest BCUT2D eigenvalue weighted by Crippen LogP contribution is 2.11. The van der Waals surface area contributed by atoms with E-state index in [9.17, 15) is 0 Å². The van der Waals surface area contributed by atoms with Gasteiger partial charge in [-0.25, -0.2) is 4.98 Å². The molecule has 0 saturated carbocycles. The highest BCUT2D eigenvalue weighted by Gasteiger charge is 2.08. The molecule has 1 rings (SSSR count). The number of aryl methyl sites for hydroxylation is 1. The normalized spacial score (nSPS) is 12.8. The van der Waals surface area contributed by atoms with Crippen molar-refractivity contribution in [3.63, 3.8) is 0 Å². The van der Waals surface area contributed by atoms with E-state index in [1.807, 2.05) is 16.8 Å². The summed E-state index contributed by atoms with van der Waals surface area (Å²) in [5.74, 6) is 0.942. The van der Waals surface area contributed by atoms with Crippen molar-refractivity contribution in [2.45, 2.75) is 25.9 Å². The predicted molar refractivity (Wildman–Crippen MR) is 49.6 cm³/mol. The van der Waals surface area contributed by atoms with Crippen LogP contribution in [0.15, 0.2) is 25.0 Å². The molecular weight excluding hydrogens is 150 g/mol. The highest BCUT2D eigenvalue weighted by atomic mass is 15.1.